The third-order valence-corrected chi connectivity index (χ3v) is 5.15. The molecule has 0 amide bonds. The van der Waals surface area contributed by atoms with E-state index in [1.54, 1.807) is 11.5 Å². The number of pyridine rings is 1. The normalized spacial score (nSPS) is 17.7. The molecule has 1 fully saturated rings. The Morgan fingerprint density at radius 1 is 1.40 bits per heavy atom. The minimum atomic E-state index is -1.17. The maximum absolute atomic E-state index is 14.3. The first-order valence-corrected chi connectivity index (χ1v) is 8.31. The molecule has 1 aliphatic heterocycles. The zero-order valence-electron chi connectivity index (χ0n) is 13.7. The second kappa shape index (κ2) is 5.54. The maximum atomic E-state index is 14.3. The minimum absolute atomic E-state index is 0.0733. The molecule has 4 rings (SSSR count). The molecule has 1 saturated carbocycles. The lowest BCUT2D eigenvalue weighted by atomic mass is 9.69. The molecule has 1 aromatic heterocycles. The van der Waals surface area contributed by atoms with Crippen molar-refractivity contribution in [1.29, 1.82) is 0 Å². The molecular formula is C18H17F2NO4. The van der Waals surface area contributed by atoms with E-state index in [0.29, 0.717) is 6.54 Å². The number of benzene rings is 1. The predicted octanol–water partition coefficient (Wildman–Crippen LogP) is 3.02. The zero-order chi connectivity index (χ0) is 17.8. The van der Waals surface area contributed by atoms with Gasteiger partial charge in [0.2, 0.25) is 11.2 Å². The van der Waals surface area contributed by atoms with Gasteiger partial charge in [0.1, 0.15) is 5.56 Å². The predicted molar refractivity (Wildman–Crippen MR) is 85.9 cm³/mol. The topological polar surface area (TPSA) is 57.5 Å². The Labute approximate surface area is 142 Å². The SMILES string of the molecule is CCOC(=O)c1cn2c3c(c(F)c(F)cc3c1=O)OCC1(CCC1)C2. The molecule has 1 aliphatic carbocycles. The monoisotopic (exact) mass is 349 g/mol. The summed E-state index contributed by atoms with van der Waals surface area (Å²) in [4.78, 5) is 24.8. The Bertz CT molecular complexity index is 946. The van der Waals surface area contributed by atoms with E-state index in [1.807, 2.05) is 0 Å². The van der Waals surface area contributed by atoms with Crippen molar-refractivity contribution in [3.63, 3.8) is 0 Å². The Morgan fingerprint density at radius 3 is 2.80 bits per heavy atom. The van der Waals surface area contributed by atoms with Crippen LogP contribution in [-0.4, -0.2) is 23.8 Å². The third-order valence-electron chi connectivity index (χ3n) is 5.15. The van der Waals surface area contributed by atoms with Gasteiger partial charge in [-0.25, -0.2) is 9.18 Å². The van der Waals surface area contributed by atoms with Gasteiger partial charge in [-0.3, -0.25) is 4.79 Å². The summed E-state index contributed by atoms with van der Waals surface area (Å²) >= 11 is 0. The van der Waals surface area contributed by atoms with E-state index in [4.69, 9.17) is 9.47 Å². The number of ether oxygens (including phenoxy) is 2. The molecule has 0 bridgehead atoms. The number of esters is 1. The number of hydrogen-bond donors (Lipinski definition) is 0. The van der Waals surface area contributed by atoms with Crippen molar-refractivity contribution < 1.29 is 23.0 Å². The molecule has 7 heteroatoms. The molecule has 0 N–H and O–H groups in total. The van der Waals surface area contributed by atoms with Crippen LogP contribution in [0, 0.1) is 17.0 Å². The fourth-order valence-electron chi connectivity index (χ4n) is 3.70. The minimum Gasteiger partial charge on any atom is -0.488 e. The van der Waals surface area contributed by atoms with Crippen LogP contribution in [0.5, 0.6) is 5.75 Å². The van der Waals surface area contributed by atoms with Crippen LogP contribution < -0.4 is 10.2 Å². The van der Waals surface area contributed by atoms with E-state index in [9.17, 15) is 18.4 Å². The average molecular weight is 349 g/mol. The lowest BCUT2D eigenvalue weighted by molar-refractivity contribution is 0.0452. The molecule has 2 aromatic rings. The number of rotatable bonds is 2. The van der Waals surface area contributed by atoms with Gasteiger partial charge in [-0.15, -0.1) is 0 Å². The molecule has 2 heterocycles. The summed E-state index contributed by atoms with van der Waals surface area (Å²) in [5.74, 6) is -3.30. The summed E-state index contributed by atoms with van der Waals surface area (Å²) in [7, 11) is 0. The lowest BCUT2D eigenvalue weighted by Gasteiger charge is -2.40. The van der Waals surface area contributed by atoms with Crippen LogP contribution in [0.15, 0.2) is 17.1 Å². The lowest BCUT2D eigenvalue weighted by Crippen LogP contribution is -2.38. The average Bonchev–Trinajstić information content (AvgIpc) is 2.73. The van der Waals surface area contributed by atoms with Crippen molar-refractivity contribution in [3.05, 3.63) is 39.7 Å². The van der Waals surface area contributed by atoms with Gasteiger partial charge in [-0.2, -0.15) is 4.39 Å². The Hall–Kier alpha value is -2.44. The van der Waals surface area contributed by atoms with E-state index in [2.05, 4.69) is 0 Å². The van der Waals surface area contributed by atoms with Crippen LogP contribution >= 0.6 is 0 Å². The second-order valence-electron chi connectivity index (χ2n) is 6.76. The van der Waals surface area contributed by atoms with Crippen LogP contribution in [0.25, 0.3) is 10.9 Å². The van der Waals surface area contributed by atoms with E-state index in [1.165, 1.54) is 6.20 Å². The summed E-state index contributed by atoms with van der Waals surface area (Å²) in [6.45, 7) is 2.49. The van der Waals surface area contributed by atoms with Gasteiger partial charge in [0, 0.05) is 18.2 Å². The molecule has 0 radical (unpaired) electrons. The highest BCUT2D eigenvalue weighted by Gasteiger charge is 2.41. The van der Waals surface area contributed by atoms with E-state index >= 15 is 0 Å². The molecule has 5 nitrogen and oxygen atoms in total. The summed E-state index contributed by atoms with van der Waals surface area (Å²) < 4.78 is 40.5. The van der Waals surface area contributed by atoms with E-state index in [0.717, 1.165) is 25.3 Å². The van der Waals surface area contributed by atoms with Gasteiger partial charge < -0.3 is 14.0 Å². The first-order valence-electron chi connectivity index (χ1n) is 8.31. The van der Waals surface area contributed by atoms with Gasteiger partial charge in [0.05, 0.1) is 24.1 Å². The quantitative estimate of drug-likeness (QED) is 0.782. The second-order valence-corrected chi connectivity index (χ2v) is 6.76. The molecule has 1 spiro atoms. The van der Waals surface area contributed by atoms with Crippen molar-refractivity contribution in [2.24, 2.45) is 5.41 Å². The van der Waals surface area contributed by atoms with Crippen LogP contribution in [0.3, 0.4) is 0 Å². The fraction of sp³-hybridized carbons (Fsp3) is 0.444. The van der Waals surface area contributed by atoms with Gasteiger partial charge in [0.25, 0.3) is 0 Å². The van der Waals surface area contributed by atoms with Crippen LogP contribution in [0.2, 0.25) is 0 Å². The van der Waals surface area contributed by atoms with Crippen molar-refractivity contribution >= 4 is 16.9 Å². The summed E-state index contributed by atoms with van der Waals surface area (Å²) in [5.41, 5.74) is -0.850. The highest BCUT2D eigenvalue weighted by molar-refractivity contribution is 5.95. The summed E-state index contributed by atoms with van der Waals surface area (Å²) in [6, 6.07) is 0.831. The number of nitrogens with zero attached hydrogens (tertiary/aromatic N) is 1. The fourth-order valence-corrected chi connectivity index (χ4v) is 3.70. The van der Waals surface area contributed by atoms with E-state index in [-0.39, 0.29) is 40.8 Å². The first kappa shape index (κ1) is 16.1. The Morgan fingerprint density at radius 2 is 2.16 bits per heavy atom. The van der Waals surface area contributed by atoms with Gasteiger partial charge in [-0.05, 0) is 25.8 Å². The highest BCUT2D eigenvalue weighted by Crippen LogP contribution is 2.46. The van der Waals surface area contributed by atoms with Gasteiger partial charge >= 0.3 is 5.97 Å². The number of carbonyl (C=O) groups is 1. The Kier molecular flexibility index (Phi) is 3.56. The van der Waals surface area contributed by atoms with Crippen molar-refractivity contribution in [3.8, 4) is 5.75 Å². The molecule has 25 heavy (non-hydrogen) atoms. The van der Waals surface area contributed by atoms with Gasteiger partial charge in [-0.1, -0.05) is 6.42 Å². The molecule has 132 valence electrons. The molecular weight excluding hydrogens is 332 g/mol. The van der Waals surface area contributed by atoms with Crippen molar-refractivity contribution in [2.45, 2.75) is 32.7 Å². The zero-order valence-corrected chi connectivity index (χ0v) is 13.7. The van der Waals surface area contributed by atoms with Crippen LogP contribution in [0.4, 0.5) is 8.78 Å². The molecule has 1 aromatic carbocycles. The summed E-state index contributed by atoms with van der Waals surface area (Å²) in [6.07, 6.45) is 4.21. The maximum Gasteiger partial charge on any atom is 0.343 e. The first-order chi connectivity index (χ1) is 12.0. The number of aromatic nitrogens is 1. The van der Waals surface area contributed by atoms with Crippen LogP contribution in [0.1, 0.15) is 36.5 Å². The molecule has 0 atom stereocenters. The number of carbonyl (C=O) groups excluding carboxylic acids is 1. The summed E-state index contributed by atoms with van der Waals surface area (Å²) in [5, 5.41) is -0.0733. The highest BCUT2D eigenvalue weighted by atomic mass is 19.2. The van der Waals surface area contributed by atoms with Crippen LogP contribution in [-0.2, 0) is 11.3 Å². The number of hydrogen-bond acceptors (Lipinski definition) is 4. The van der Waals surface area contributed by atoms with Crippen molar-refractivity contribution in [2.75, 3.05) is 13.2 Å². The van der Waals surface area contributed by atoms with E-state index < -0.39 is 23.0 Å². The Balaban J connectivity index is 2.02. The standard InChI is InChI=1S/C18H17F2NO4/c1-2-24-17(23)11-7-21-8-18(4-3-5-18)9-25-16-13(20)12(19)6-10(14(16)21)15(11)22/h6-7H,2-5,8-9H2,1H3. The van der Waals surface area contributed by atoms with Gasteiger partial charge in [0.15, 0.2) is 11.6 Å². The molecule has 2 aliphatic rings. The smallest absolute Gasteiger partial charge is 0.343 e. The molecule has 0 saturated heterocycles. The molecule has 0 unspecified atom stereocenters. The van der Waals surface area contributed by atoms with Crippen molar-refractivity contribution in [1.82, 2.24) is 4.57 Å². The third kappa shape index (κ3) is 2.33. The largest absolute Gasteiger partial charge is 0.488 e. The number of halogens is 2.